The van der Waals surface area contributed by atoms with Crippen LogP contribution in [0.15, 0.2) is 99.9 Å². The largest absolute Gasteiger partial charge is 0.467 e. The lowest BCUT2D eigenvalue weighted by Crippen LogP contribution is -2.39. The number of para-hydroxylation sites is 1. The van der Waals surface area contributed by atoms with E-state index in [4.69, 9.17) is 9.15 Å². The summed E-state index contributed by atoms with van der Waals surface area (Å²) in [6.45, 7) is 4.84. The zero-order valence-electron chi connectivity index (χ0n) is 21.3. The molecule has 1 aliphatic heterocycles. The van der Waals surface area contributed by atoms with Gasteiger partial charge in [-0.15, -0.1) is 6.58 Å². The molecule has 1 N–H and O–H groups in total. The maximum absolute atomic E-state index is 13.7. The molecule has 1 saturated heterocycles. The van der Waals surface area contributed by atoms with Crippen LogP contribution >= 0.6 is 0 Å². The molecule has 0 unspecified atom stereocenters. The summed E-state index contributed by atoms with van der Waals surface area (Å²) in [6.07, 6.45) is 6.00. The minimum atomic E-state index is -4.04. The van der Waals surface area contributed by atoms with Crippen molar-refractivity contribution in [3.05, 3.63) is 107 Å². The molecule has 0 saturated carbocycles. The van der Waals surface area contributed by atoms with Crippen molar-refractivity contribution in [2.45, 2.75) is 30.4 Å². The fraction of sp³-hybridized carbons (Fsp3) is 0.241. The minimum Gasteiger partial charge on any atom is -0.467 e. The van der Waals surface area contributed by atoms with Crippen LogP contribution in [-0.2, 0) is 21.3 Å². The van der Waals surface area contributed by atoms with Gasteiger partial charge >= 0.3 is 0 Å². The number of sulfonamides is 1. The molecular weight excluding hydrogens is 518 g/mol. The number of nitrogens with zero attached hydrogens (tertiary/aromatic N) is 2. The van der Waals surface area contributed by atoms with Crippen LogP contribution < -0.4 is 9.73 Å². The molecule has 0 bridgehead atoms. The van der Waals surface area contributed by atoms with E-state index in [0.29, 0.717) is 30.1 Å². The van der Waals surface area contributed by atoms with Crippen LogP contribution in [0.4, 0.5) is 5.69 Å². The first-order chi connectivity index (χ1) is 18.9. The van der Waals surface area contributed by atoms with Crippen LogP contribution in [0, 0.1) is 0 Å². The molecule has 10 heteroatoms. The van der Waals surface area contributed by atoms with E-state index in [-0.39, 0.29) is 35.0 Å². The topological polar surface area (TPSA) is 113 Å². The van der Waals surface area contributed by atoms with Crippen LogP contribution in [0.3, 0.4) is 0 Å². The number of hydrogen-bond acceptors (Lipinski definition) is 6. The Bertz CT molecular complexity index is 1620. The van der Waals surface area contributed by atoms with Gasteiger partial charge in [-0.2, -0.15) is 0 Å². The summed E-state index contributed by atoms with van der Waals surface area (Å²) in [5, 5.41) is 0.101. The van der Waals surface area contributed by atoms with Crippen LogP contribution in [0.2, 0.25) is 0 Å². The second-order valence-electron chi connectivity index (χ2n) is 9.30. The number of rotatable bonds is 10. The molecule has 5 rings (SSSR count). The van der Waals surface area contributed by atoms with Gasteiger partial charge in [0.2, 0.25) is 5.43 Å². The van der Waals surface area contributed by atoms with Crippen molar-refractivity contribution in [1.29, 1.82) is 0 Å². The predicted octanol–water partition coefficient (Wildman–Crippen LogP) is 4.32. The fourth-order valence-electron chi connectivity index (χ4n) is 4.71. The highest BCUT2D eigenvalue weighted by Crippen LogP contribution is 2.25. The van der Waals surface area contributed by atoms with E-state index in [9.17, 15) is 18.0 Å². The molecule has 0 aliphatic carbocycles. The van der Waals surface area contributed by atoms with E-state index in [1.54, 1.807) is 42.5 Å². The highest BCUT2D eigenvalue weighted by atomic mass is 32.2. The lowest BCUT2D eigenvalue weighted by Gasteiger charge is -2.25. The van der Waals surface area contributed by atoms with E-state index in [1.165, 1.54) is 45.9 Å². The van der Waals surface area contributed by atoms with Crippen molar-refractivity contribution < 1.29 is 22.4 Å². The number of anilines is 1. The number of aromatic nitrogens is 1. The molecule has 202 valence electrons. The lowest BCUT2D eigenvalue weighted by molar-refractivity contribution is 0.0490. The third-order valence-electron chi connectivity index (χ3n) is 6.67. The summed E-state index contributed by atoms with van der Waals surface area (Å²) in [6, 6.07) is 16.4. The number of aromatic amines is 1. The first-order valence-corrected chi connectivity index (χ1v) is 14.1. The molecule has 1 aliphatic rings. The summed E-state index contributed by atoms with van der Waals surface area (Å²) >= 11 is 0. The maximum atomic E-state index is 13.7. The molecule has 0 radical (unpaired) electrons. The second kappa shape index (κ2) is 11.3. The van der Waals surface area contributed by atoms with Crippen molar-refractivity contribution in [3.8, 4) is 0 Å². The minimum absolute atomic E-state index is 0.0459. The first kappa shape index (κ1) is 26.5. The number of hydrogen-bond donors (Lipinski definition) is 1. The fourth-order valence-corrected chi connectivity index (χ4v) is 6.17. The van der Waals surface area contributed by atoms with Gasteiger partial charge in [-0.05, 0) is 55.3 Å². The lowest BCUT2D eigenvalue weighted by atomic mass is 10.1. The average molecular weight is 548 g/mol. The number of carbonyl (C=O) groups is 1. The van der Waals surface area contributed by atoms with Crippen LogP contribution in [-0.4, -0.2) is 50.0 Å². The molecule has 39 heavy (non-hydrogen) atoms. The van der Waals surface area contributed by atoms with Gasteiger partial charge in [-0.25, -0.2) is 8.42 Å². The van der Waals surface area contributed by atoms with Crippen LogP contribution in [0.25, 0.3) is 10.9 Å². The van der Waals surface area contributed by atoms with Crippen molar-refractivity contribution in [2.75, 3.05) is 24.0 Å². The number of nitrogens with one attached hydrogen (secondary N) is 1. The van der Waals surface area contributed by atoms with Crippen molar-refractivity contribution in [2.24, 2.45) is 0 Å². The normalized spacial score (nSPS) is 15.3. The van der Waals surface area contributed by atoms with Gasteiger partial charge in [-0.3, -0.25) is 13.9 Å². The average Bonchev–Trinajstić information content (AvgIpc) is 3.66. The standard InChI is InChI=1S/C29H29N3O6S/c1-2-14-32(21-8-4-3-5-9-21)39(35,36)24-12-13-27-25(17-24)28(33)26(18-30-27)29(34)31(19-22-10-6-15-37-22)20-23-11-7-16-38-23/h2-6,8-10,12-13,15,17-18,23H,1,7,11,14,16,19-20H2,(H,30,33)/t23-/m0/s1. The molecule has 0 spiro atoms. The Labute approximate surface area is 226 Å². The monoisotopic (exact) mass is 547 g/mol. The molecular formula is C29H29N3O6S. The van der Waals surface area contributed by atoms with Gasteiger partial charge in [0.05, 0.1) is 36.0 Å². The number of carbonyl (C=O) groups excluding carboxylic acids is 1. The molecule has 3 heterocycles. The van der Waals surface area contributed by atoms with Gasteiger partial charge in [0.15, 0.2) is 0 Å². The third kappa shape index (κ3) is 5.52. The molecule has 1 atom stereocenters. The molecule has 1 fully saturated rings. The molecule has 4 aromatic rings. The van der Waals surface area contributed by atoms with E-state index in [2.05, 4.69) is 11.6 Å². The molecule has 2 aromatic carbocycles. The number of benzene rings is 2. The number of furan rings is 1. The highest BCUT2D eigenvalue weighted by Gasteiger charge is 2.28. The van der Waals surface area contributed by atoms with Crippen LogP contribution in [0.5, 0.6) is 0 Å². The highest BCUT2D eigenvalue weighted by molar-refractivity contribution is 7.92. The SMILES string of the molecule is C=CCN(c1ccccc1)S(=O)(=O)c1ccc2[nH]cc(C(=O)N(Cc3ccco3)C[C@@H]3CCCO3)c(=O)c2c1. The van der Waals surface area contributed by atoms with Crippen molar-refractivity contribution in [1.82, 2.24) is 9.88 Å². The molecule has 9 nitrogen and oxygen atoms in total. The maximum Gasteiger partial charge on any atom is 0.264 e. The van der Waals surface area contributed by atoms with Gasteiger partial charge in [-0.1, -0.05) is 24.3 Å². The van der Waals surface area contributed by atoms with Gasteiger partial charge in [0, 0.05) is 30.3 Å². The van der Waals surface area contributed by atoms with E-state index in [0.717, 1.165) is 12.8 Å². The van der Waals surface area contributed by atoms with Crippen LogP contribution in [0.1, 0.15) is 29.0 Å². The second-order valence-corrected chi connectivity index (χ2v) is 11.2. The summed E-state index contributed by atoms with van der Waals surface area (Å²) < 4.78 is 39.7. The predicted molar refractivity (Wildman–Crippen MR) is 148 cm³/mol. The zero-order chi connectivity index (χ0) is 27.4. The Morgan fingerprint density at radius 2 is 1.95 bits per heavy atom. The Morgan fingerprint density at radius 3 is 2.64 bits per heavy atom. The Morgan fingerprint density at radius 1 is 1.13 bits per heavy atom. The number of fused-ring (bicyclic) bond motifs is 1. The Hall–Kier alpha value is -4.15. The first-order valence-electron chi connectivity index (χ1n) is 12.7. The van der Waals surface area contributed by atoms with E-state index >= 15 is 0 Å². The molecule has 1 amide bonds. The third-order valence-corrected chi connectivity index (χ3v) is 8.46. The van der Waals surface area contributed by atoms with Gasteiger partial charge in [0.25, 0.3) is 15.9 Å². The summed E-state index contributed by atoms with van der Waals surface area (Å²) in [5.74, 6) is 0.0889. The summed E-state index contributed by atoms with van der Waals surface area (Å²) in [5.41, 5.74) is 0.241. The van der Waals surface area contributed by atoms with E-state index in [1.807, 2.05) is 0 Å². The van der Waals surface area contributed by atoms with Crippen molar-refractivity contribution in [3.63, 3.8) is 0 Å². The zero-order valence-corrected chi connectivity index (χ0v) is 22.1. The number of amides is 1. The number of ether oxygens (including phenoxy) is 1. The Balaban J connectivity index is 1.52. The smallest absolute Gasteiger partial charge is 0.264 e. The van der Waals surface area contributed by atoms with Gasteiger partial charge < -0.3 is 19.0 Å². The van der Waals surface area contributed by atoms with E-state index < -0.39 is 21.4 Å². The number of pyridine rings is 1. The summed E-state index contributed by atoms with van der Waals surface area (Å²) in [7, 11) is -4.04. The molecule has 2 aromatic heterocycles. The number of H-pyrrole nitrogens is 1. The van der Waals surface area contributed by atoms with Crippen molar-refractivity contribution >= 4 is 32.5 Å². The quantitative estimate of drug-likeness (QED) is 0.296. The Kier molecular flexibility index (Phi) is 7.67. The summed E-state index contributed by atoms with van der Waals surface area (Å²) in [4.78, 5) is 31.7. The van der Waals surface area contributed by atoms with Gasteiger partial charge in [0.1, 0.15) is 11.3 Å².